The van der Waals surface area contributed by atoms with Gasteiger partial charge in [-0.2, -0.15) is 0 Å². The summed E-state index contributed by atoms with van der Waals surface area (Å²) in [6, 6.07) is 59.4. The molecule has 0 aliphatic heterocycles. The van der Waals surface area contributed by atoms with Crippen LogP contribution in [0, 0.1) is 0 Å². The van der Waals surface area contributed by atoms with Crippen LogP contribution < -0.4 is 0 Å². The fourth-order valence-corrected chi connectivity index (χ4v) is 7.63. The fraction of sp³-hybridized carbons (Fsp3) is 0. The Morgan fingerprint density at radius 3 is 1.24 bits per heavy atom. The maximum absolute atomic E-state index is 2.52. The molecule has 0 atom stereocenters. The maximum atomic E-state index is 2.52. The number of hydrogen-bond donors (Lipinski definition) is 0. The first-order valence-electron chi connectivity index (χ1n) is 15.5. The van der Waals surface area contributed by atoms with Crippen molar-refractivity contribution >= 4 is 65.4 Å². The van der Waals surface area contributed by atoms with Crippen molar-refractivity contribution in [1.29, 1.82) is 0 Å². The summed E-state index contributed by atoms with van der Waals surface area (Å²) in [4.78, 5) is 0. The number of fused-ring (bicyclic) bond motifs is 9. The van der Waals surface area contributed by atoms with E-state index in [0.29, 0.717) is 0 Å². The Hall–Kier alpha value is -6.06. The molecule has 0 radical (unpaired) electrons. The van der Waals surface area contributed by atoms with Gasteiger partial charge in [0.15, 0.2) is 0 Å². The molecule has 210 valence electrons. The lowest BCUT2D eigenvalue weighted by molar-refractivity contribution is 1.14. The lowest BCUT2D eigenvalue weighted by atomic mass is 10.1. The van der Waals surface area contributed by atoms with Crippen LogP contribution in [0.25, 0.3) is 82.5 Å². The molecule has 0 amide bonds. The lowest BCUT2D eigenvalue weighted by Crippen LogP contribution is -2.02. The van der Waals surface area contributed by atoms with Crippen LogP contribution in [0.2, 0.25) is 0 Å². The van der Waals surface area contributed by atoms with E-state index in [1.807, 2.05) is 0 Å². The van der Waals surface area contributed by atoms with E-state index < -0.39 is 0 Å². The zero-order valence-corrected chi connectivity index (χ0v) is 24.4. The van der Waals surface area contributed by atoms with Crippen molar-refractivity contribution in [2.24, 2.45) is 0 Å². The van der Waals surface area contributed by atoms with E-state index in [-0.39, 0.29) is 0 Å². The third-order valence-corrected chi connectivity index (χ3v) is 9.40. The molecule has 0 N–H and O–H groups in total. The Morgan fingerprint density at radius 1 is 0.289 bits per heavy atom. The van der Waals surface area contributed by atoms with Crippen molar-refractivity contribution in [1.82, 2.24) is 13.7 Å². The maximum Gasteiger partial charge on any atom is 0.0810 e. The second kappa shape index (κ2) is 9.22. The third kappa shape index (κ3) is 3.30. The Morgan fingerprint density at radius 2 is 0.689 bits per heavy atom. The molecule has 0 fully saturated rings. The average molecular weight is 574 g/mol. The van der Waals surface area contributed by atoms with E-state index in [1.165, 1.54) is 71.1 Å². The van der Waals surface area contributed by atoms with Gasteiger partial charge in [0.2, 0.25) is 0 Å². The van der Waals surface area contributed by atoms with E-state index >= 15 is 0 Å². The average Bonchev–Trinajstić information content (AvgIpc) is 3.74. The highest BCUT2D eigenvalue weighted by molar-refractivity contribution is 6.26. The minimum absolute atomic E-state index is 1.15. The second-order valence-corrected chi connectivity index (χ2v) is 11.8. The minimum Gasteiger partial charge on any atom is -0.309 e. The molecule has 3 aromatic heterocycles. The van der Waals surface area contributed by atoms with Gasteiger partial charge in [-0.15, -0.1) is 0 Å². The predicted octanol–water partition coefficient (Wildman–Crippen LogP) is 11.0. The smallest absolute Gasteiger partial charge is 0.0810 e. The minimum atomic E-state index is 1.15. The molecule has 0 saturated carbocycles. The summed E-state index contributed by atoms with van der Waals surface area (Å²) in [5.41, 5.74) is 10.7. The lowest BCUT2D eigenvalue weighted by Gasteiger charge is -2.17. The highest BCUT2D eigenvalue weighted by Gasteiger charge is 2.26. The summed E-state index contributed by atoms with van der Waals surface area (Å²) in [6.45, 7) is 0. The topological polar surface area (TPSA) is 14.8 Å². The molecule has 3 nitrogen and oxygen atoms in total. The van der Waals surface area contributed by atoms with Crippen molar-refractivity contribution in [3.05, 3.63) is 164 Å². The van der Waals surface area contributed by atoms with Crippen molar-refractivity contribution in [3.8, 4) is 17.1 Å². The Bertz CT molecular complexity index is 2680. The van der Waals surface area contributed by atoms with E-state index in [1.54, 1.807) is 0 Å². The number of benzene rings is 7. The Kier molecular flexibility index (Phi) is 5.00. The summed E-state index contributed by atoms with van der Waals surface area (Å²) in [5, 5.41) is 7.47. The monoisotopic (exact) mass is 573 g/mol. The second-order valence-electron chi connectivity index (χ2n) is 11.8. The molecule has 0 aliphatic rings. The number of aromatic nitrogens is 3. The quantitative estimate of drug-likeness (QED) is 0.200. The molecule has 10 aromatic rings. The first kappa shape index (κ1) is 24.4. The standard InChI is InChI=1S/C42H27N3/c1-3-15-28(16-4-1)43-38-26-14-10-22-33(38)40-39(43)27-34-32-21-9-11-23-35(32)44(29-17-5-2-6-18-29)41(34)42(40)45-36-24-12-7-19-30(36)31-20-8-13-25-37(31)45/h1-27H. The molecule has 3 heteroatoms. The number of para-hydroxylation sites is 6. The van der Waals surface area contributed by atoms with Gasteiger partial charge in [0.05, 0.1) is 38.8 Å². The summed E-state index contributed by atoms with van der Waals surface area (Å²) in [6.07, 6.45) is 0. The van der Waals surface area contributed by atoms with Crippen LogP contribution in [0.4, 0.5) is 0 Å². The molecule has 0 unspecified atom stereocenters. The number of hydrogen-bond acceptors (Lipinski definition) is 0. The summed E-state index contributed by atoms with van der Waals surface area (Å²) >= 11 is 0. The van der Waals surface area contributed by atoms with Crippen LogP contribution in [0.1, 0.15) is 0 Å². The molecular formula is C42H27N3. The zero-order valence-electron chi connectivity index (χ0n) is 24.4. The molecule has 7 aromatic carbocycles. The van der Waals surface area contributed by atoms with Crippen molar-refractivity contribution in [2.45, 2.75) is 0 Å². The molecule has 10 rings (SSSR count). The van der Waals surface area contributed by atoms with Crippen LogP contribution in [-0.2, 0) is 0 Å². The van der Waals surface area contributed by atoms with Crippen molar-refractivity contribution in [2.75, 3.05) is 0 Å². The van der Waals surface area contributed by atoms with Crippen LogP contribution in [-0.4, -0.2) is 13.7 Å². The first-order valence-corrected chi connectivity index (χ1v) is 15.5. The molecule has 45 heavy (non-hydrogen) atoms. The largest absolute Gasteiger partial charge is 0.309 e. The molecule has 0 spiro atoms. The zero-order chi connectivity index (χ0) is 29.5. The molecule has 0 bridgehead atoms. The fourth-order valence-electron chi connectivity index (χ4n) is 7.63. The Balaban J connectivity index is 1.56. The van der Waals surface area contributed by atoms with Crippen LogP contribution >= 0.6 is 0 Å². The normalized spacial score (nSPS) is 12.0. The van der Waals surface area contributed by atoms with Gasteiger partial charge in [-0.3, -0.25) is 0 Å². The van der Waals surface area contributed by atoms with E-state index in [4.69, 9.17) is 0 Å². The van der Waals surface area contributed by atoms with Crippen LogP contribution in [0.15, 0.2) is 164 Å². The van der Waals surface area contributed by atoms with Gasteiger partial charge in [0.1, 0.15) is 0 Å². The highest BCUT2D eigenvalue weighted by atomic mass is 15.1. The van der Waals surface area contributed by atoms with Gasteiger partial charge in [0, 0.05) is 43.7 Å². The summed E-state index contributed by atoms with van der Waals surface area (Å²) in [5.74, 6) is 0. The molecular weight excluding hydrogens is 546 g/mol. The molecule has 3 heterocycles. The van der Waals surface area contributed by atoms with Gasteiger partial charge in [-0.05, 0) is 54.6 Å². The Labute approximate surface area is 259 Å². The third-order valence-electron chi connectivity index (χ3n) is 9.40. The van der Waals surface area contributed by atoms with Crippen LogP contribution in [0.3, 0.4) is 0 Å². The van der Waals surface area contributed by atoms with E-state index in [0.717, 1.165) is 11.4 Å². The van der Waals surface area contributed by atoms with Gasteiger partial charge >= 0.3 is 0 Å². The number of rotatable bonds is 3. The highest BCUT2D eigenvalue weighted by Crippen LogP contribution is 2.46. The van der Waals surface area contributed by atoms with Gasteiger partial charge < -0.3 is 13.7 Å². The summed E-state index contributed by atoms with van der Waals surface area (Å²) < 4.78 is 7.43. The predicted molar refractivity (Wildman–Crippen MR) is 189 cm³/mol. The SMILES string of the molecule is c1ccc(-n2c3ccccc3c3c(-n4c5ccccc5c5ccccc54)c4c(cc32)c2ccccc2n4-c2ccccc2)cc1. The van der Waals surface area contributed by atoms with Crippen molar-refractivity contribution < 1.29 is 0 Å². The van der Waals surface area contributed by atoms with E-state index in [2.05, 4.69) is 177 Å². The van der Waals surface area contributed by atoms with Gasteiger partial charge in [-0.25, -0.2) is 0 Å². The first-order chi connectivity index (χ1) is 22.4. The van der Waals surface area contributed by atoms with Crippen LogP contribution in [0.5, 0.6) is 0 Å². The molecule has 0 saturated heterocycles. The summed E-state index contributed by atoms with van der Waals surface area (Å²) in [7, 11) is 0. The van der Waals surface area contributed by atoms with E-state index in [9.17, 15) is 0 Å². The molecule has 0 aliphatic carbocycles. The van der Waals surface area contributed by atoms with Gasteiger partial charge in [-0.1, -0.05) is 109 Å². The van der Waals surface area contributed by atoms with Crippen molar-refractivity contribution in [3.63, 3.8) is 0 Å². The number of nitrogens with zero attached hydrogens (tertiary/aromatic N) is 3. The van der Waals surface area contributed by atoms with Gasteiger partial charge in [0.25, 0.3) is 0 Å².